The molecule has 2 aromatic carbocycles. The third-order valence-electron chi connectivity index (χ3n) is 3.53. The minimum atomic E-state index is -3.89. The normalized spacial score (nSPS) is 13.8. The van der Waals surface area contributed by atoms with E-state index in [0.29, 0.717) is 11.1 Å². The molecule has 0 fully saturated rings. The molecule has 7 nitrogen and oxygen atoms in total. The summed E-state index contributed by atoms with van der Waals surface area (Å²) >= 11 is 0. The maximum atomic E-state index is 12.2. The predicted octanol–water partition coefficient (Wildman–Crippen LogP) is 1.73. The fourth-order valence-corrected chi connectivity index (χ4v) is 3.21. The van der Waals surface area contributed by atoms with Crippen LogP contribution in [0.4, 0.5) is 0 Å². The van der Waals surface area contributed by atoms with Crippen molar-refractivity contribution in [1.82, 2.24) is 4.72 Å². The molecule has 8 heteroatoms. The SMILES string of the molecule is C[C@H](NS(=O)(=O)/C=C/c1ccccc1)C(=O)O[C@@H](C(N)=O)c1ccccc1. The van der Waals surface area contributed by atoms with E-state index in [1.807, 2.05) is 6.07 Å². The van der Waals surface area contributed by atoms with Crippen LogP contribution in [0.15, 0.2) is 66.1 Å². The number of nitrogens with two attached hydrogens (primary N) is 1. The van der Waals surface area contributed by atoms with Crippen LogP contribution in [-0.4, -0.2) is 26.3 Å². The number of amides is 1. The molecule has 0 aliphatic heterocycles. The highest BCUT2D eigenvalue weighted by molar-refractivity contribution is 7.92. The average molecular weight is 388 g/mol. The average Bonchev–Trinajstić information content (AvgIpc) is 2.65. The maximum absolute atomic E-state index is 12.2. The molecule has 0 radical (unpaired) electrons. The van der Waals surface area contributed by atoms with Gasteiger partial charge in [-0.3, -0.25) is 9.59 Å². The van der Waals surface area contributed by atoms with Crippen LogP contribution >= 0.6 is 0 Å². The smallest absolute Gasteiger partial charge is 0.325 e. The second-order valence-corrected chi connectivity index (χ2v) is 7.33. The predicted molar refractivity (Wildman–Crippen MR) is 101 cm³/mol. The summed E-state index contributed by atoms with van der Waals surface area (Å²) in [5, 5.41) is 0.953. The van der Waals surface area contributed by atoms with Gasteiger partial charge in [-0.2, -0.15) is 4.72 Å². The monoisotopic (exact) mass is 388 g/mol. The third-order valence-corrected chi connectivity index (χ3v) is 4.71. The van der Waals surface area contributed by atoms with Crippen molar-refractivity contribution >= 4 is 28.0 Å². The minimum Gasteiger partial charge on any atom is -0.446 e. The number of carbonyl (C=O) groups excluding carboxylic acids is 2. The van der Waals surface area contributed by atoms with Crippen LogP contribution in [0.25, 0.3) is 6.08 Å². The summed E-state index contributed by atoms with van der Waals surface area (Å²) in [4.78, 5) is 23.8. The molecule has 3 N–H and O–H groups in total. The number of sulfonamides is 1. The molecule has 0 bridgehead atoms. The van der Waals surface area contributed by atoms with Crippen LogP contribution in [0.1, 0.15) is 24.2 Å². The molecule has 1 amide bonds. The van der Waals surface area contributed by atoms with Crippen molar-refractivity contribution in [3.63, 3.8) is 0 Å². The Morgan fingerprint density at radius 1 is 1.04 bits per heavy atom. The van der Waals surface area contributed by atoms with Gasteiger partial charge in [-0.25, -0.2) is 8.42 Å². The first-order valence-electron chi connectivity index (χ1n) is 8.09. The molecule has 0 unspecified atom stereocenters. The molecule has 2 atom stereocenters. The summed E-state index contributed by atoms with van der Waals surface area (Å²) in [5.41, 5.74) is 6.38. The van der Waals surface area contributed by atoms with Gasteiger partial charge in [0.05, 0.1) is 0 Å². The fraction of sp³-hybridized carbons (Fsp3) is 0.158. The van der Waals surface area contributed by atoms with Gasteiger partial charge >= 0.3 is 5.97 Å². The highest BCUT2D eigenvalue weighted by Gasteiger charge is 2.27. The number of nitrogens with one attached hydrogen (secondary N) is 1. The molecular formula is C19H20N2O5S. The zero-order valence-electron chi connectivity index (χ0n) is 14.6. The molecule has 0 saturated heterocycles. The number of hydrogen-bond acceptors (Lipinski definition) is 5. The maximum Gasteiger partial charge on any atom is 0.325 e. The van der Waals surface area contributed by atoms with Crippen LogP contribution in [-0.2, 0) is 24.3 Å². The van der Waals surface area contributed by atoms with Gasteiger partial charge in [0.2, 0.25) is 16.1 Å². The van der Waals surface area contributed by atoms with E-state index in [1.165, 1.54) is 13.0 Å². The summed E-state index contributed by atoms with van der Waals surface area (Å²) < 4.78 is 31.5. The molecule has 0 aromatic heterocycles. The van der Waals surface area contributed by atoms with E-state index < -0.39 is 34.0 Å². The van der Waals surface area contributed by atoms with E-state index in [1.54, 1.807) is 54.6 Å². The summed E-state index contributed by atoms with van der Waals surface area (Å²) in [6.07, 6.45) is 0.0989. The lowest BCUT2D eigenvalue weighted by Gasteiger charge is -2.18. The number of primary amides is 1. The number of hydrogen-bond donors (Lipinski definition) is 2. The molecule has 2 rings (SSSR count). The van der Waals surface area contributed by atoms with Crippen molar-refractivity contribution in [2.75, 3.05) is 0 Å². The van der Waals surface area contributed by atoms with Crippen molar-refractivity contribution in [1.29, 1.82) is 0 Å². The molecule has 0 heterocycles. The third kappa shape index (κ3) is 6.36. The van der Waals surface area contributed by atoms with E-state index in [4.69, 9.17) is 10.5 Å². The zero-order valence-corrected chi connectivity index (χ0v) is 15.4. The Hall–Kier alpha value is -2.97. The summed E-state index contributed by atoms with van der Waals surface area (Å²) in [5.74, 6) is -1.77. The highest BCUT2D eigenvalue weighted by Crippen LogP contribution is 2.17. The molecule has 2 aromatic rings. The molecule has 0 spiro atoms. The van der Waals surface area contributed by atoms with Gasteiger partial charge in [0.25, 0.3) is 5.91 Å². The van der Waals surface area contributed by atoms with Crippen LogP contribution in [0, 0.1) is 0 Å². The van der Waals surface area contributed by atoms with E-state index in [0.717, 1.165) is 5.41 Å². The van der Waals surface area contributed by atoms with Crippen molar-refractivity contribution in [2.24, 2.45) is 5.73 Å². The lowest BCUT2D eigenvalue weighted by molar-refractivity contribution is -0.156. The van der Waals surface area contributed by atoms with E-state index >= 15 is 0 Å². The van der Waals surface area contributed by atoms with Gasteiger partial charge in [-0.15, -0.1) is 0 Å². The molecule has 27 heavy (non-hydrogen) atoms. The van der Waals surface area contributed by atoms with Crippen molar-refractivity contribution < 1.29 is 22.7 Å². The van der Waals surface area contributed by atoms with E-state index in [9.17, 15) is 18.0 Å². The first kappa shape index (κ1) is 20.3. The topological polar surface area (TPSA) is 116 Å². The lowest BCUT2D eigenvalue weighted by Crippen LogP contribution is -2.40. The molecular weight excluding hydrogens is 368 g/mol. The Morgan fingerprint density at radius 3 is 2.15 bits per heavy atom. The van der Waals surface area contributed by atoms with Gasteiger partial charge in [-0.05, 0) is 18.6 Å². The summed E-state index contributed by atoms with van der Waals surface area (Å²) in [7, 11) is -3.89. The largest absolute Gasteiger partial charge is 0.446 e. The van der Waals surface area contributed by atoms with Gasteiger partial charge in [0.15, 0.2) is 0 Å². The Balaban J connectivity index is 2.03. The lowest BCUT2D eigenvalue weighted by atomic mass is 10.1. The Morgan fingerprint density at radius 2 is 1.59 bits per heavy atom. The molecule has 0 saturated carbocycles. The summed E-state index contributed by atoms with van der Waals surface area (Å²) in [6.45, 7) is 1.32. The van der Waals surface area contributed by atoms with Crippen molar-refractivity contribution in [2.45, 2.75) is 19.1 Å². The highest BCUT2D eigenvalue weighted by atomic mass is 32.2. The van der Waals surface area contributed by atoms with Gasteiger partial charge in [-0.1, -0.05) is 60.7 Å². The Bertz CT molecular complexity index is 912. The van der Waals surface area contributed by atoms with E-state index in [2.05, 4.69) is 4.72 Å². The molecule has 0 aliphatic rings. The Labute approximate surface area is 157 Å². The van der Waals surface area contributed by atoms with Crippen LogP contribution in [0.3, 0.4) is 0 Å². The Kier molecular flexibility index (Phi) is 6.86. The number of benzene rings is 2. The van der Waals surface area contributed by atoms with Crippen LogP contribution in [0.5, 0.6) is 0 Å². The second kappa shape index (κ2) is 9.11. The first-order chi connectivity index (χ1) is 12.8. The number of ether oxygens (including phenoxy) is 1. The second-order valence-electron chi connectivity index (χ2n) is 5.73. The quantitative estimate of drug-likeness (QED) is 0.668. The fourth-order valence-electron chi connectivity index (χ4n) is 2.20. The van der Waals surface area contributed by atoms with Gasteiger partial charge in [0, 0.05) is 11.0 Å². The minimum absolute atomic E-state index is 0.400. The number of carbonyl (C=O) groups is 2. The standard InChI is InChI=1S/C19H20N2O5S/c1-14(21-27(24,25)13-12-15-8-4-2-5-9-15)19(23)26-17(18(20)22)16-10-6-3-7-11-16/h2-14,17,21H,1H3,(H2,20,22)/b13-12+/t14-,17+/m0/s1. The van der Waals surface area contributed by atoms with Gasteiger partial charge < -0.3 is 10.5 Å². The zero-order chi connectivity index (χ0) is 19.9. The molecule has 0 aliphatic carbocycles. The van der Waals surface area contributed by atoms with Gasteiger partial charge in [0.1, 0.15) is 6.04 Å². The van der Waals surface area contributed by atoms with E-state index in [-0.39, 0.29) is 0 Å². The van der Waals surface area contributed by atoms with Crippen molar-refractivity contribution in [3.8, 4) is 0 Å². The van der Waals surface area contributed by atoms with Crippen molar-refractivity contribution in [3.05, 3.63) is 77.2 Å². The molecule has 142 valence electrons. The van der Waals surface area contributed by atoms with Crippen LogP contribution in [0.2, 0.25) is 0 Å². The number of esters is 1. The number of rotatable bonds is 8. The first-order valence-corrected chi connectivity index (χ1v) is 9.63. The van der Waals surface area contributed by atoms with Crippen LogP contribution < -0.4 is 10.5 Å². The summed E-state index contributed by atoms with van der Waals surface area (Å²) in [6, 6.07) is 15.9.